The highest BCUT2D eigenvalue weighted by molar-refractivity contribution is 6.31. The Balaban J connectivity index is 1.36. The maximum atomic E-state index is 13.9. The van der Waals surface area contributed by atoms with Crippen LogP contribution in [0.5, 0.6) is 0 Å². The SMILES string of the molecule is O=C(NCc1cc2cc(Cl)ccc2[nH]1)c1cc2n(n1)[C@@H](C(F)(F)F)C[C@@H](c1ccc(Cl)cc1)N2. The van der Waals surface area contributed by atoms with Crippen LogP contribution in [0.2, 0.25) is 10.0 Å². The lowest BCUT2D eigenvalue weighted by Crippen LogP contribution is -2.35. The highest BCUT2D eigenvalue weighted by atomic mass is 35.5. The molecule has 6 nitrogen and oxygen atoms in total. The molecule has 176 valence electrons. The zero-order valence-corrected chi connectivity index (χ0v) is 19.0. The Morgan fingerprint density at radius 3 is 2.56 bits per heavy atom. The lowest BCUT2D eigenvalue weighted by atomic mass is 9.97. The van der Waals surface area contributed by atoms with Gasteiger partial charge in [0.1, 0.15) is 5.82 Å². The number of nitrogens with zero attached hydrogens (tertiary/aromatic N) is 2. The first-order chi connectivity index (χ1) is 16.2. The van der Waals surface area contributed by atoms with E-state index in [-0.39, 0.29) is 24.5 Å². The fraction of sp³-hybridized carbons (Fsp3) is 0.217. The average molecular weight is 508 g/mol. The van der Waals surface area contributed by atoms with Gasteiger partial charge in [0, 0.05) is 39.1 Å². The van der Waals surface area contributed by atoms with Crippen molar-refractivity contribution in [2.75, 3.05) is 5.32 Å². The van der Waals surface area contributed by atoms with Gasteiger partial charge in [0.2, 0.25) is 0 Å². The predicted molar refractivity (Wildman–Crippen MR) is 124 cm³/mol. The van der Waals surface area contributed by atoms with Crippen LogP contribution in [-0.4, -0.2) is 26.8 Å². The van der Waals surface area contributed by atoms with Crippen molar-refractivity contribution in [3.05, 3.63) is 81.6 Å². The van der Waals surface area contributed by atoms with Crippen LogP contribution in [0, 0.1) is 0 Å². The first kappa shape index (κ1) is 22.6. The van der Waals surface area contributed by atoms with Crippen LogP contribution in [0.3, 0.4) is 0 Å². The zero-order chi connectivity index (χ0) is 24.0. The molecular weight excluding hydrogens is 490 g/mol. The molecule has 3 heterocycles. The van der Waals surface area contributed by atoms with Gasteiger partial charge in [0.25, 0.3) is 5.91 Å². The molecule has 1 aliphatic heterocycles. The second-order valence-corrected chi connectivity index (χ2v) is 8.98. The van der Waals surface area contributed by atoms with Crippen LogP contribution in [-0.2, 0) is 6.54 Å². The van der Waals surface area contributed by atoms with E-state index < -0.39 is 24.2 Å². The standard InChI is InChI=1S/C23H18Cl2F3N5O/c24-14-3-1-12(2-4-14)18-9-20(23(26,27)28)33-21(31-18)10-19(32-33)22(34)29-11-16-8-13-7-15(25)5-6-17(13)30-16/h1-8,10,18,20,30-31H,9,11H2,(H,29,34)/t18-,20+/m0/s1. The Labute approximate surface area is 202 Å². The summed E-state index contributed by atoms with van der Waals surface area (Å²) >= 11 is 11.9. The largest absolute Gasteiger partial charge is 0.410 e. The van der Waals surface area contributed by atoms with E-state index in [1.54, 1.807) is 36.4 Å². The minimum absolute atomic E-state index is 0.104. The summed E-state index contributed by atoms with van der Waals surface area (Å²) in [7, 11) is 0. The predicted octanol–water partition coefficient (Wildman–Crippen LogP) is 6.26. The third-order valence-electron chi connectivity index (χ3n) is 5.77. The molecule has 0 radical (unpaired) electrons. The molecule has 0 fully saturated rings. The Morgan fingerprint density at radius 2 is 1.82 bits per heavy atom. The molecule has 0 saturated carbocycles. The monoisotopic (exact) mass is 507 g/mol. The van der Waals surface area contributed by atoms with Gasteiger partial charge < -0.3 is 15.6 Å². The molecule has 5 rings (SSSR count). The minimum Gasteiger partial charge on any atom is -0.363 e. The molecule has 0 bridgehead atoms. The number of fused-ring (bicyclic) bond motifs is 2. The average Bonchev–Trinajstić information content (AvgIpc) is 3.40. The van der Waals surface area contributed by atoms with Crippen molar-refractivity contribution in [1.29, 1.82) is 0 Å². The van der Waals surface area contributed by atoms with E-state index >= 15 is 0 Å². The number of H-pyrrole nitrogens is 1. The number of alkyl halides is 3. The van der Waals surface area contributed by atoms with E-state index in [9.17, 15) is 18.0 Å². The zero-order valence-electron chi connectivity index (χ0n) is 17.5. The summed E-state index contributed by atoms with van der Waals surface area (Å²) in [6.45, 7) is 0.150. The molecule has 2 aromatic heterocycles. The number of rotatable bonds is 4. The normalized spacial score (nSPS) is 17.9. The van der Waals surface area contributed by atoms with Crippen LogP contribution >= 0.6 is 23.2 Å². The fourth-order valence-corrected chi connectivity index (χ4v) is 4.43. The van der Waals surface area contributed by atoms with Crippen molar-refractivity contribution < 1.29 is 18.0 Å². The van der Waals surface area contributed by atoms with Crippen LogP contribution in [0.15, 0.2) is 54.6 Å². The molecule has 34 heavy (non-hydrogen) atoms. The number of halogens is 5. The van der Waals surface area contributed by atoms with Crippen molar-refractivity contribution in [3.63, 3.8) is 0 Å². The summed E-state index contributed by atoms with van der Waals surface area (Å²) in [6.07, 6.45) is -4.80. The van der Waals surface area contributed by atoms with Crippen molar-refractivity contribution in [2.45, 2.75) is 31.2 Å². The number of anilines is 1. The van der Waals surface area contributed by atoms with E-state index in [0.717, 1.165) is 21.3 Å². The highest BCUT2D eigenvalue weighted by Gasteiger charge is 2.46. The lowest BCUT2D eigenvalue weighted by molar-refractivity contribution is -0.173. The maximum Gasteiger partial charge on any atom is 0.410 e. The summed E-state index contributed by atoms with van der Waals surface area (Å²) in [5.41, 5.74) is 2.14. The number of aromatic nitrogens is 3. The smallest absolute Gasteiger partial charge is 0.363 e. The Hall–Kier alpha value is -3.17. The molecule has 0 aliphatic carbocycles. The first-order valence-electron chi connectivity index (χ1n) is 10.4. The van der Waals surface area contributed by atoms with E-state index in [1.165, 1.54) is 6.07 Å². The first-order valence-corrected chi connectivity index (χ1v) is 11.2. The van der Waals surface area contributed by atoms with Gasteiger partial charge in [-0.25, -0.2) is 4.68 Å². The van der Waals surface area contributed by atoms with Gasteiger partial charge in [0.05, 0.1) is 12.6 Å². The molecule has 0 unspecified atom stereocenters. The molecular formula is C23H18Cl2F3N5O. The van der Waals surface area contributed by atoms with E-state index in [2.05, 4.69) is 20.7 Å². The van der Waals surface area contributed by atoms with Crippen molar-refractivity contribution >= 4 is 45.8 Å². The number of benzene rings is 2. The van der Waals surface area contributed by atoms with Crippen LogP contribution < -0.4 is 10.6 Å². The van der Waals surface area contributed by atoms with Gasteiger partial charge in [0.15, 0.2) is 11.7 Å². The molecule has 0 spiro atoms. The topological polar surface area (TPSA) is 74.7 Å². The Bertz CT molecular complexity index is 1360. The van der Waals surface area contributed by atoms with Gasteiger partial charge in [-0.1, -0.05) is 35.3 Å². The molecule has 1 aliphatic rings. The number of carbonyl (C=O) groups is 1. The number of hydrogen-bond acceptors (Lipinski definition) is 3. The summed E-state index contributed by atoms with van der Waals surface area (Å²) in [5, 5.41) is 11.7. The van der Waals surface area contributed by atoms with Gasteiger partial charge >= 0.3 is 6.18 Å². The summed E-state index contributed by atoms with van der Waals surface area (Å²) in [6, 6.07) is 12.7. The van der Waals surface area contributed by atoms with Crippen LogP contribution in [0.25, 0.3) is 10.9 Å². The molecule has 11 heteroatoms. The number of amides is 1. The quantitative estimate of drug-likeness (QED) is 0.305. The molecule has 2 aromatic carbocycles. The summed E-state index contributed by atoms with van der Waals surface area (Å²) < 4.78 is 42.4. The molecule has 3 N–H and O–H groups in total. The van der Waals surface area contributed by atoms with Gasteiger partial charge in [-0.3, -0.25) is 4.79 Å². The van der Waals surface area contributed by atoms with Crippen molar-refractivity contribution in [1.82, 2.24) is 20.1 Å². The second kappa shape index (κ2) is 8.56. The van der Waals surface area contributed by atoms with Gasteiger partial charge in [-0.15, -0.1) is 0 Å². The van der Waals surface area contributed by atoms with Crippen molar-refractivity contribution in [3.8, 4) is 0 Å². The highest BCUT2D eigenvalue weighted by Crippen LogP contribution is 2.43. The molecule has 0 saturated heterocycles. The Kier molecular flexibility index (Phi) is 5.69. The maximum absolute atomic E-state index is 13.9. The fourth-order valence-electron chi connectivity index (χ4n) is 4.12. The van der Waals surface area contributed by atoms with Gasteiger partial charge in [-0.05, 0) is 42.0 Å². The lowest BCUT2D eigenvalue weighted by Gasteiger charge is -2.33. The Morgan fingerprint density at radius 1 is 1.09 bits per heavy atom. The van der Waals surface area contributed by atoms with Crippen molar-refractivity contribution in [2.24, 2.45) is 0 Å². The molecule has 4 aromatic rings. The third-order valence-corrected chi connectivity index (χ3v) is 6.26. The summed E-state index contributed by atoms with van der Waals surface area (Å²) in [4.78, 5) is 15.9. The number of nitrogens with one attached hydrogen (secondary N) is 3. The third kappa shape index (κ3) is 4.45. The molecule has 2 atom stereocenters. The number of hydrogen-bond donors (Lipinski definition) is 3. The van der Waals surface area contributed by atoms with E-state index in [1.807, 2.05) is 12.1 Å². The van der Waals surface area contributed by atoms with Gasteiger partial charge in [-0.2, -0.15) is 18.3 Å². The van der Waals surface area contributed by atoms with Crippen LogP contribution in [0.1, 0.15) is 40.3 Å². The number of aromatic amines is 1. The second-order valence-electron chi connectivity index (χ2n) is 8.11. The summed E-state index contributed by atoms with van der Waals surface area (Å²) in [5.74, 6) is -0.455. The van der Waals surface area contributed by atoms with E-state index in [0.29, 0.717) is 15.6 Å². The van der Waals surface area contributed by atoms with E-state index in [4.69, 9.17) is 23.2 Å². The number of carbonyl (C=O) groups excluding carboxylic acids is 1. The van der Waals surface area contributed by atoms with Crippen LogP contribution in [0.4, 0.5) is 19.0 Å². The molecule has 1 amide bonds. The minimum atomic E-state index is -4.53.